The lowest BCUT2D eigenvalue weighted by molar-refractivity contribution is -0.141. The highest BCUT2D eigenvalue weighted by Gasteiger charge is 2.32. The first-order valence-corrected chi connectivity index (χ1v) is 8.29. The Morgan fingerprint density at radius 3 is 2.62 bits per heavy atom. The molecule has 136 valence electrons. The van der Waals surface area contributed by atoms with E-state index in [9.17, 15) is 23.1 Å². The summed E-state index contributed by atoms with van der Waals surface area (Å²) in [7, 11) is 0. The summed E-state index contributed by atoms with van der Waals surface area (Å²) in [5.41, 5.74) is 1.12. The molecule has 0 aromatic carbocycles. The van der Waals surface area contributed by atoms with Gasteiger partial charge in [-0.25, -0.2) is 0 Å². The average molecular weight is 346 g/mol. The third kappa shape index (κ3) is 4.39. The Hall–Kier alpha value is -1.34. The molecule has 0 radical (unpaired) electrons. The minimum Gasteiger partial charge on any atom is -0.392 e. The van der Waals surface area contributed by atoms with Crippen molar-refractivity contribution >= 4 is 5.78 Å². The van der Waals surface area contributed by atoms with Gasteiger partial charge in [0, 0.05) is 23.0 Å². The zero-order chi connectivity index (χ0) is 18.1. The number of hydrogen-bond donors (Lipinski definition) is 1. The van der Waals surface area contributed by atoms with Crippen molar-refractivity contribution in [1.82, 2.24) is 9.47 Å². The molecule has 4 nitrogen and oxygen atoms in total. The minimum absolute atomic E-state index is 0.0682. The number of carbonyl (C=O) groups excluding carboxylic acids is 1. The zero-order valence-electron chi connectivity index (χ0n) is 14.4. The van der Waals surface area contributed by atoms with Crippen LogP contribution in [-0.2, 0) is 6.54 Å². The van der Waals surface area contributed by atoms with Gasteiger partial charge in [0.2, 0.25) is 0 Å². The molecular formula is C17H25F3N2O2. The first-order chi connectivity index (χ1) is 11.1. The van der Waals surface area contributed by atoms with Gasteiger partial charge in [-0.3, -0.25) is 9.69 Å². The van der Waals surface area contributed by atoms with E-state index in [-0.39, 0.29) is 18.4 Å². The van der Waals surface area contributed by atoms with Gasteiger partial charge in [0.05, 0.1) is 12.6 Å². The van der Waals surface area contributed by atoms with Gasteiger partial charge in [-0.2, -0.15) is 13.2 Å². The maximum Gasteiger partial charge on any atom is 0.406 e. The molecular weight excluding hydrogens is 321 g/mol. The van der Waals surface area contributed by atoms with Crippen molar-refractivity contribution in [2.75, 3.05) is 13.1 Å². The van der Waals surface area contributed by atoms with E-state index in [0.717, 1.165) is 30.4 Å². The van der Waals surface area contributed by atoms with Crippen LogP contribution in [0.1, 0.15) is 47.9 Å². The van der Waals surface area contributed by atoms with Crippen LogP contribution in [0.5, 0.6) is 0 Å². The zero-order valence-corrected chi connectivity index (χ0v) is 14.4. The van der Waals surface area contributed by atoms with Gasteiger partial charge in [-0.1, -0.05) is 6.42 Å². The van der Waals surface area contributed by atoms with Gasteiger partial charge in [0.25, 0.3) is 0 Å². The maximum atomic E-state index is 12.7. The van der Waals surface area contributed by atoms with E-state index in [2.05, 4.69) is 0 Å². The minimum atomic E-state index is -4.32. The summed E-state index contributed by atoms with van der Waals surface area (Å²) in [6.45, 7) is 4.61. The van der Waals surface area contributed by atoms with Crippen molar-refractivity contribution < 1.29 is 23.1 Å². The van der Waals surface area contributed by atoms with Gasteiger partial charge in [0.15, 0.2) is 5.78 Å². The number of alkyl halides is 3. The van der Waals surface area contributed by atoms with Crippen molar-refractivity contribution in [3.8, 4) is 0 Å². The molecule has 0 amide bonds. The Kier molecular flexibility index (Phi) is 5.75. The number of aryl methyl sites for hydroxylation is 1. The fourth-order valence-corrected chi connectivity index (χ4v) is 3.54. The Morgan fingerprint density at radius 1 is 1.38 bits per heavy atom. The second-order valence-corrected chi connectivity index (χ2v) is 6.68. The second-order valence-electron chi connectivity index (χ2n) is 6.68. The van der Waals surface area contributed by atoms with Crippen molar-refractivity contribution in [2.45, 2.75) is 64.9 Å². The molecule has 0 spiro atoms. The standard InChI is InChI=1S/C17H25F3N2O2/c1-11-8-14(12(2)22(11)10-17(18,19)20)16(24)9-21-7-5-4-6-15(21)13(3)23/h8,13,15,23H,4-7,9-10H2,1-3H3. The van der Waals surface area contributed by atoms with Crippen LogP contribution in [0.2, 0.25) is 0 Å². The van der Waals surface area contributed by atoms with E-state index in [1.807, 2.05) is 4.90 Å². The largest absolute Gasteiger partial charge is 0.406 e. The van der Waals surface area contributed by atoms with Crippen molar-refractivity contribution in [3.63, 3.8) is 0 Å². The maximum absolute atomic E-state index is 12.7. The molecule has 2 rings (SSSR count). The van der Waals surface area contributed by atoms with Crippen molar-refractivity contribution in [1.29, 1.82) is 0 Å². The summed E-state index contributed by atoms with van der Waals surface area (Å²) in [6.07, 6.45) is -2.04. The molecule has 1 aromatic rings. The number of ketones is 1. The highest BCUT2D eigenvalue weighted by molar-refractivity contribution is 5.99. The Labute approximate surface area is 140 Å². The summed E-state index contributed by atoms with van der Waals surface area (Å²) in [5.74, 6) is -0.191. The van der Waals surface area contributed by atoms with Crippen LogP contribution >= 0.6 is 0 Å². The number of piperidine rings is 1. The lowest BCUT2D eigenvalue weighted by Crippen LogP contribution is -2.47. The second kappa shape index (κ2) is 7.27. The van der Waals surface area contributed by atoms with E-state index >= 15 is 0 Å². The summed E-state index contributed by atoms with van der Waals surface area (Å²) in [4.78, 5) is 14.6. The predicted octanol–water partition coefficient (Wildman–Crippen LogP) is 3.09. The van der Waals surface area contributed by atoms with E-state index in [1.165, 1.54) is 6.07 Å². The molecule has 2 unspecified atom stereocenters. The SMILES string of the molecule is Cc1cc(C(=O)CN2CCCCC2C(C)O)c(C)n1CC(F)(F)F. The molecule has 1 N–H and O–H groups in total. The fourth-order valence-electron chi connectivity index (χ4n) is 3.54. The molecule has 0 saturated carbocycles. The number of aromatic nitrogens is 1. The molecule has 1 fully saturated rings. The molecule has 1 saturated heterocycles. The predicted molar refractivity (Wildman–Crippen MR) is 85.2 cm³/mol. The molecule has 24 heavy (non-hydrogen) atoms. The van der Waals surface area contributed by atoms with Crippen LogP contribution in [-0.4, -0.2) is 51.8 Å². The smallest absolute Gasteiger partial charge is 0.392 e. The van der Waals surface area contributed by atoms with Crippen LogP contribution in [0.25, 0.3) is 0 Å². The monoisotopic (exact) mass is 346 g/mol. The number of Topliss-reactive ketones (excluding diaryl/α,β-unsaturated/α-hetero) is 1. The van der Waals surface area contributed by atoms with Crippen molar-refractivity contribution in [3.05, 3.63) is 23.0 Å². The molecule has 0 bridgehead atoms. The number of aliphatic hydroxyl groups is 1. The number of halogens is 3. The van der Waals surface area contributed by atoms with E-state index in [0.29, 0.717) is 17.0 Å². The van der Waals surface area contributed by atoms with Crippen LogP contribution in [0, 0.1) is 13.8 Å². The lowest BCUT2D eigenvalue weighted by atomic mass is 9.97. The Morgan fingerprint density at radius 2 is 2.04 bits per heavy atom. The summed E-state index contributed by atoms with van der Waals surface area (Å²) in [6, 6.07) is 1.46. The van der Waals surface area contributed by atoms with Gasteiger partial charge < -0.3 is 9.67 Å². The molecule has 1 aliphatic heterocycles. The quantitative estimate of drug-likeness (QED) is 0.834. The Bertz CT molecular complexity index is 593. The first-order valence-electron chi connectivity index (χ1n) is 8.29. The molecule has 7 heteroatoms. The highest BCUT2D eigenvalue weighted by Crippen LogP contribution is 2.25. The number of aliphatic hydroxyl groups excluding tert-OH is 1. The lowest BCUT2D eigenvalue weighted by Gasteiger charge is -2.36. The van der Waals surface area contributed by atoms with E-state index in [4.69, 9.17) is 0 Å². The van der Waals surface area contributed by atoms with Crippen LogP contribution < -0.4 is 0 Å². The molecule has 0 aliphatic carbocycles. The number of carbonyl (C=O) groups is 1. The van der Waals surface area contributed by atoms with E-state index < -0.39 is 18.8 Å². The van der Waals surface area contributed by atoms with Crippen LogP contribution in [0.15, 0.2) is 6.07 Å². The fraction of sp³-hybridized carbons (Fsp3) is 0.706. The number of rotatable bonds is 5. The number of nitrogens with zero attached hydrogens (tertiary/aromatic N) is 2. The molecule has 2 heterocycles. The Balaban J connectivity index is 2.16. The third-order valence-corrected chi connectivity index (χ3v) is 4.78. The summed E-state index contributed by atoms with van der Waals surface area (Å²) < 4.78 is 39.2. The number of hydrogen-bond acceptors (Lipinski definition) is 3. The van der Waals surface area contributed by atoms with Gasteiger partial charge in [-0.15, -0.1) is 0 Å². The molecule has 1 aromatic heterocycles. The van der Waals surface area contributed by atoms with Gasteiger partial charge in [0.1, 0.15) is 6.54 Å². The normalized spacial score (nSPS) is 21.0. The van der Waals surface area contributed by atoms with Gasteiger partial charge in [-0.05, 0) is 46.2 Å². The topological polar surface area (TPSA) is 45.5 Å². The molecule has 2 atom stereocenters. The number of likely N-dealkylation sites (tertiary alicyclic amines) is 1. The molecule has 1 aliphatic rings. The van der Waals surface area contributed by atoms with E-state index in [1.54, 1.807) is 20.8 Å². The highest BCUT2D eigenvalue weighted by atomic mass is 19.4. The van der Waals surface area contributed by atoms with Gasteiger partial charge >= 0.3 is 6.18 Å². The first kappa shape index (κ1) is 19.0. The average Bonchev–Trinajstić information content (AvgIpc) is 2.74. The van der Waals surface area contributed by atoms with Crippen molar-refractivity contribution in [2.24, 2.45) is 0 Å². The van der Waals surface area contributed by atoms with Crippen LogP contribution in [0.4, 0.5) is 13.2 Å². The van der Waals surface area contributed by atoms with Crippen LogP contribution in [0.3, 0.4) is 0 Å². The summed E-state index contributed by atoms with van der Waals surface area (Å²) >= 11 is 0. The third-order valence-electron chi connectivity index (χ3n) is 4.78. The summed E-state index contributed by atoms with van der Waals surface area (Å²) in [5, 5.41) is 9.88.